The first-order valence-electron chi connectivity index (χ1n) is 9.44. The van der Waals surface area contributed by atoms with Crippen LogP contribution in [0.4, 0.5) is 5.69 Å². The van der Waals surface area contributed by atoms with Gasteiger partial charge in [-0.15, -0.1) is 0 Å². The van der Waals surface area contributed by atoms with E-state index in [0.717, 1.165) is 16.7 Å². The second kappa shape index (κ2) is 8.73. The van der Waals surface area contributed by atoms with Gasteiger partial charge in [-0.25, -0.2) is 8.42 Å². The lowest BCUT2D eigenvalue weighted by Crippen LogP contribution is -2.32. The van der Waals surface area contributed by atoms with Crippen LogP contribution >= 0.6 is 0 Å². The average Bonchev–Trinajstić information content (AvgIpc) is 3.12. The molecule has 0 aliphatic carbocycles. The number of ether oxygens (including phenoxy) is 2. The van der Waals surface area contributed by atoms with Crippen LogP contribution in [0.3, 0.4) is 0 Å². The number of sulfonamides is 1. The van der Waals surface area contributed by atoms with Gasteiger partial charge in [-0.3, -0.25) is 9.10 Å². The van der Waals surface area contributed by atoms with Crippen molar-refractivity contribution in [1.29, 1.82) is 0 Å². The zero-order valence-corrected chi connectivity index (χ0v) is 17.7. The predicted octanol–water partition coefficient (Wildman–Crippen LogP) is 2.89. The maximum atomic E-state index is 12.3. The van der Waals surface area contributed by atoms with Gasteiger partial charge in [0.15, 0.2) is 11.5 Å². The first-order chi connectivity index (χ1) is 13.7. The van der Waals surface area contributed by atoms with Crippen LogP contribution in [0.1, 0.15) is 29.5 Å². The lowest BCUT2D eigenvalue weighted by Gasteiger charge is -2.24. The minimum absolute atomic E-state index is 0.128. The summed E-state index contributed by atoms with van der Waals surface area (Å²) in [6, 6.07) is 11.2. The molecule has 156 valence electrons. The van der Waals surface area contributed by atoms with Crippen molar-refractivity contribution in [3.63, 3.8) is 0 Å². The molecule has 2 aromatic rings. The minimum atomic E-state index is -3.44. The number of anilines is 1. The SMILES string of the molecule is Cc1ccc(C)c(N(CCCC(=O)NCc2ccc3c(c2)OCO3)S(C)(=O)=O)c1. The Bertz CT molecular complexity index is 1000. The summed E-state index contributed by atoms with van der Waals surface area (Å²) in [4.78, 5) is 12.2. The molecule has 1 aliphatic rings. The summed E-state index contributed by atoms with van der Waals surface area (Å²) in [5.74, 6) is 1.25. The molecule has 0 saturated heterocycles. The van der Waals surface area contributed by atoms with E-state index in [4.69, 9.17) is 9.47 Å². The molecule has 8 heteroatoms. The molecule has 0 spiro atoms. The number of benzene rings is 2. The van der Waals surface area contributed by atoms with Crippen molar-refractivity contribution in [3.8, 4) is 11.5 Å². The van der Waals surface area contributed by atoms with Crippen LogP contribution in [-0.2, 0) is 21.4 Å². The van der Waals surface area contributed by atoms with E-state index in [1.165, 1.54) is 10.6 Å². The van der Waals surface area contributed by atoms with Gasteiger partial charge in [0.25, 0.3) is 0 Å². The van der Waals surface area contributed by atoms with E-state index < -0.39 is 10.0 Å². The highest BCUT2D eigenvalue weighted by atomic mass is 32.2. The molecular formula is C21H26N2O5S. The van der Waals surface area contributed by atoms with Crippen LogP contribution in [0.25, 0.3) is 0 Å². The second-order valence-corrected chi connectivity index (χ2v) is 9.10. The number of carbonyl (C=O) groups excluding carboxylic acids is 1. The van der Waals surface area contributed by atoms with E-state index in [1.54, 1.807) is 0 Å². The number of fused-ring (bicyclic) bond motifs is 1. The van der Waals surface area contributed by atoms with Crippen LogP contribution in [0.2, 0.25) is 0 Å². The Kier molecular flexibility index (Phi) is 6.32. The molecule has 1 N–H and O–H groups in total. The Morgan fingerprint density at radius 2 is 1.86 bits per heavy atom. The van der Waals surface area contributed by atoms with Crippen molar-refractivity contribution in [2.24, 2.45) is 0 Å². The van der Waals surface area contributed by atoms with Gasteiger partial charge in [-0.1, -0.05) is 18.2 Å². The Balaban J connectivity index is 1.54. The molecule has 3 rings (SSSR count). The third kappa shape index (κ3) is 5.41. The van der Waals surface area contributed by atoms with E-state index >= 15 is 0 Å². The lowest BCUT2D eigenvalue weighted by atomic mass is 10.1. The molecule has 2 aromatic carbocycles. The summed E-state index contributed by atoms with van der Waals surface area (Å²) in [6.45, 7) is 4.64. The first kappa shape index (κ1) is 21.0. The third-order valence-electron chi connectivity index (χ3n) is 4.73. The lowest BCUT2D eigenvalue weighted by molar-refractivity contribution is -0.121. The summed E-state index contributed by atoms with van der Waals surface area (Å²) in [6.07, 6.45) is 1.85. The van der Waals surface area contributed by atoms with E-state index in [-0.39, 0.29) is 25.7 Å². The van der Waals surface area contributed by atoms with Gasteiger partial charge in [0.1, 0.15) is 0 Å². The number of nitrogens with one attached hydrogen (secondary N) is 1. The Morgan fingerprint density at radius 3 is 2.62 bits per heavy atom. The molecule has 0 aromatic heterocycles. The van der Waals surface area contributed by atoms with Crippen molar-refractivity contribution >= 4 is 21.6 Å². The molecule has 0 radical (unpaired) electrons. The van der Waals surface area contributed by atoms with Crippen LogP contribution < -0.4 is 19.1 Å². The molecule has 0 saturated carbocycles. The van der Waals surface area contributed by atoms with E-state index in [1.807, 2.05) is 50.2 Å². The van der Waals surface area contributed by atoms with Gasteiger partial charge in [0, 0.05) is 19.5 Å². The normalized spacial score (nSPS) is 12.7. The molecule has 0 bridgehead atoms. The maximum Gasteiger partial charge on any atom is 0.232 e. The van der Waals surface area contributed by atoms with Crippen LogP contribution in [0.15, 0.2) is 36.4 Å². The van der Waals surface area contributed by atoms with Gasteiger partial charge >= 0.3 is 0 Å². The summed E-state index contributed by atoms with van der Waals surface area (Å²) in [7, 11) is -3.44. The average molecular weight is 419 g/mol. The van der Waals surface area contributed by atoms with Crippen molar-refractivity contribution in [2.75, 3.05) is 23.9 Å². The van der Waals surface area contributed by atoms with E-state index in [2.05, 4.69) is 5.32 Å². The topological polar surface area (TPSA) is 84.9 Å². The molecule has 0 atom stereocenters. The molecule has 29 heavy (non-hydrogen) atoms. The number of rotatable bonds is 8. The van der Waals surface area contributed by atoms with Crippen molar-refractivity contribution < 1.29 is 22.7 Å². The van der Waals surface area contributed by atoms with Gasteiger partial charge in [-0.2, -0.15) is 0 Å². The summed E-state index contributed by atoms with van der Waals surface area (Å²) >= 11 is 0. The number of hydrogen-bond donors (Lipinski definition) is 1. The number of amides is 1. The van der Waals surface area contributed by atoms with Crippen molar-refractivity contribution in [1.82, 2.24) is 5.32 Å². The molecular weight excluding hydrogens is 392 g/mol. The fourth-order valence-corrected chi connectivity index (χ4v) is 4.19. The molecule has 0 fully saturated rings. The Hall–Kier alpha value is -2.74. The molecule has 1 amide bonds. The van der Waals surface area contributed by atoms with Crippen LogP contribution in [-0.4, -0.2) is 33.9 Å². The number of carbonyl (C=O) groups is 1. The third-order valence-corrected chi connectivity index (χ3v) is 5.91. The molecule has 7 nitrogen and oxygen atoms in total. The van der Waals surface area contributed by atoms with Crippen molar-refractivity contribution in [3.05, 3.63) is 53.1 Å². The monoisotopic (exact) mass is 418 g/mol. The van der Waals surface area contributed by atoms with E-state index in [9.17, 15) is 13.2 Å². The largest absolute Gasteiger partial charge is 0.454 e. The standard InChI is InChI=1S/C21H26N2O5S/c1-15-6-7-16(2)18(11-15)23(29(3,25)26)10-4-5-21(24)22-13-17-8-9-19-20(12-17)28-14-27-19/h6-9,11-12H,4-5,10,13-14H2,1-3H3,(H,22,24). The Morgan fingerprint density at radius 1 is 1.10 bits per heavy atom. The quantitative estimate of drug-likeness (QED) is 0.713. The molecule has 0 unspecified atom stereocenters. The minimum Gasteiger partial charge on any atom is -0.454 e. The highest BCUT2D eigenvalue weighted by Crippen LogP contribution is 2.32. The van der Waals surface area contributed by atoms with Crippen molar-refractivity contribution in [2.45, 2.75) is 33.2 Å². The fraction of sp³-hybridized carbons (Fsp3) is 0.381. The number of aryl methyl sites for hydroxylation is 2. The summed E-state index contributed by atoms with van der Waals surface area (Å²) in [5.41, 5.74) is 3.44. The predicted molar refractivity (Wildman–Crippen MR) is 112 cm³/mol. The second-order valence-electron chi connectivity index (χ2n) is 7.19. The van der Waals surface area contributed by atoms with Gasteiger partial charge < -0.3 is 14.8 Å². The van der Waals surface area contributed by atoms with Crippen LogP contribution in [0, 0.1) is 13.8 Å². The maximum absolute atomic E-state index is 12.3. The Labute approximate surface area is 171 Å². The highest BCUT2D eigenvalue weighted by molar-refractivity contribution is 7.92. The summed E-state index contributed by atoms with van der Waals surface area (Å²) < 4.78 is 36.5. The van der Waals surface area contributed by atoms with Gasteiger partial charge in [-0.05, 0) is 55.2 Å². The fourth-order valence-electron chi connectivity index (χ4n) is 3.18. The zero-order valence-electron chi connectivity index (χ0n) is 16.9. The van der Waals surface area contributed by atoms with Crippen LogP contribution in [0.5, 0.6) is 11.5 Å². The van der Waals surface area contributed by atoms with E-state index in [0.29, 0.717) is 30.2 Å². The number of nitrogens with zero attached hydrogens (tertiary/aromatic N) is 1. The smallest absolute Gasteiger partial charge is 0.232 e. The highest BCUT2D eigenvalue weighted by Gasteiger charge is 2.19. The molecule has 1 aliphatic heterocycles. The molecule has 1 heterocycles. The van der Waals surface area contributed by atoms with Gasteiger partial charge in [0.05, 0.1) is 11.9 Å². The zero-order chi connectivity index (χ0) is 21.0. The first-order valence-corrected chi connectivity index (χ1v) is 11.3. The van der Waals surface area contributed by atoms with Gasteiger partial charge in [0.2, 0.25) is 22.7 Å². The summed E-state index contributed by atoms with van der Waals surface area (Å²) in [5, 5.41) is 2.86. The number of hydrogen-bond acceptors (Lipinski definition) is 5.